The van der Waals surface area contributed by atoms with Gasteiger partial charge in [-0.05, 0) is 49.8 Å². The molecule has 0 aliphatic heterocycles. The summed E-state index contributed by atoms with van der Waals surface area (Å²) < 4.78 is 0. The zero-order valence-corrected chi connectivity index (χ0v) is 13.7. The fourth-order valence-corrected chi connectivity index (χ4v) is 4.09. The van der Waals surface area contributed by atoms with Gasteiger partial charge < -0.3 is 5.32 Å². The molecule has 0 spiro atoms. The minimum absolute atomic E-state index is 0.546. The number of rotatable bonds is 5. The summed E-state index contributed by atoms with van der Waals surface area (Å²) in [6.45, 7) is 5.33. The number of fused-ring (bicyclic) bond motifs is 1. The number of aromatic nitrogens is 1. The second-order valence-corrected chi connectivity index (χ2v) is 7.06. The molecule has 0 radical (unpaired) electrons. The Labute approximate surface area is 131 Å². The highest BCUT2D eigenvalue weighted by atomic mass is 32.1. The molecule has 0 saturated carbocycles. The molecule has 2 aromatic rings. The molecule has 1 aliphatic carbocycles. The van der Waals surface area contributed by atoms with E-state index in [-0.39, 0.29) is 0 Å². The van der Waals surface area contributed by atoms with Crippen LogP contribution in [-0.2, 0) is 19.3 Å². The predicted octanol–water partition coefficient (Wildman–Crippen LogP) is 3.78. The van der Waals surface area contributed by atoms with E-state index in [4.69, 9.17) is 0 Å². The fraction of sp³-hybridized carbons (Fsp3) is 0.500. The van der Waals surface area contributed by atoms with Crippen molar-refractivity contribution in [2.24, 2.45) is 5.92 Å². The lowest BCUT2D eigenvalue weighted by molar-refractivity contribution is 0.320. The zero-order chi connectivity index (χ0) is 14.7. The van der Waals surface area contributed by atoms with Gasteiger partial charge in [0.15, 0.2) is 0 Å². The smallest absolute Gasteiger partial charge is 0.0897 e. The molecule has 2 nitrogen and oxygen atoms in total. The van der Waals surface area contributed by atoms with Crippen LogP contribution in [0.3, 0.4) is 0 Å². The van der Waals surface area contributed by atoms with Gasteiger partial charge in [-0.1, -0.05) is 31.2 Å². The number of nitrogens with zero attached hydrogens (tertiary/aromatic N) is 1. The van der Waals surface area contributed by atoms with Crippen LogP contribution >= 0.6 is 11.3 Å². The van der Waals surface area contributed by atoms with Gasteiger partial charge in [0, 0.05) is 17.8 Å². The van der Waals surface area contributed by atoms with E-state index in [1.165, 1.54) is 30.0 Å². The molecule has 0 saturated heterocycles. The van der Waals surface area contributed by atoms with Crippen molar-refractivity contribution in [3.05, 3.63) is 51.5 Å². The average Bonchev–Trinajstić information content (AvgIpc) is 2.91. The number of aryl methyl sites for hydroxylation is 2. The molecule has 0 amide bonds. The maximum atomic E-state index is 4.65. The molecular formula is C18H24N2S. The first kappa shape index (κ1) is 14.7. The summed E-state index contributed by atoms with van der Waals surface area (Å²) in [7, 11) is 0. The average molecular weight is 300 g/mol. The topological polar surface area (TPSA) is 24.9 Å². The van der Waals surface area contributed by atoms with Crippen molar-refractivity contribution in [2.45, 2.75) is 45.6 Å². The van der Waals surface area contributed by atoms with Crippen LogP contribution in [0.1, 0.15) is 35.2 Å². The summed E-state index contributed by atoms with van der Waals surface area (Å²) in [5.41, 5.74) is 4.35. The molecule has 3 rings (SSSR count). The quantitative estimate of drug-likeness (QED) is 0.909. The van der Waals surface area contributed by atoms with Crippen molar-refractivity contribution in [1.29, 1.82) is 0 Å². The number of hydrogen-bond acceptors (Lipinski definition) is 3. The van der Waals surface area contributed by atoms with Gasteiger partial charge in [-0.15, -0.1) is 11.3 Å². The van der Waals surface area contributed by atoms with Crippen LogP contribution in [0.2, 0.25) is 0 Å². The molecule has 2 unspecified atom stereocenters. The van der Waals surface area contributed by atoms with E-state index in [1.54, 1.807) is 22.5 Å². The van der Waals surface area contributed by atoms with Crippen molar-refractivity contribution < 1.29 is 0 Å². The van der Waals surface area contributed by atoms with Crippen LogP contribution in [0.4, 0.5) is 0 Å². The molecule has 0 fully saturated rings. The van der Waals surface area contributed by atoms with Gasteiger partial charge in [-0.3, -0.25) is 0 Å². The normalized spacial score (nSPS) is 19.2. The van der Waals surface area contributed by atoms with Gasteiger partial charge in [0.05, 0.1) is 10.7 Å². The van der Waals surface area contributed by atoms with E-state index in [9.17, 15) is 0 Å². The Bertz CT molecular complexity index is 590. The van der Waals surface area contributed by atoms with Crippen molar-refractivity contribution in [3.63, 3.8) is 0 Å². The van der Waals surface area contributed by atoms with Crippen LogP contribution in [0.5, 0.6) is 0 Å². The Balaban J connectivity index is 1.72. The van der Waals surface area contributed by atoms with E-state index >= 15 is 0 Å². The summed E-state index contributed by atoms with van der Waals surface area (Å²) in [4.78, 5) is 4.65. The number of hydrogen-bond donors (Lipinski definition) is 1. The highest BCUT2D eigenvalue weighted by Gasteiger charge is 2.26. The number of benzene rings is 1. The summed E-state index contributed by atoms with van der Waals surface area (Å²) in [5.74, 6) is 0.724. The third kappa shape index (κ3) is 3.53. The summed E-state index contributed by atoms with van der Waals surface area (Å²) in [6.07, 6.45) is 4.78. The van der Waals surface area contributed by atoms with E-state index in [2.05, 4.69) is 53.8 Å². The predicted molar refractivity (Wildman–Crippen MR) is 90.0 cm³/mol. The molecule has 1 N–H and O–H groups in total. The molecular weight excluding hydrogens is 276 g/mol. The molecule has 1 heterocycles. The second kappa shape index (κ2) is 6.71. The third-order valence-corrected chi connectivity index (χ3v) is 5.34. The standard InChI is InChI=1S/C18H24N2S/c1-3-19-18(11-17-12-21-13(2)20-17)16-9-8-14-6-4-5-7-15(14)10-16/h4-7,12,16,18-19H,3,8-11H2,1-2H3. The number of likely N-dealkylation sites (N-methyl/N-ethyl adjacent to an activating group) is 1. The Morgan fingerprint density at radius 1 is 1.33 bits per heavy atom. The van der Waals surface area contributed by atoms with Crippen LogP contribution < -0.4 is 5.32 Å². The first-order chi connectivity index (χ1) is 10.3. The van der Waals surface area contributed by atoms with Crippen molar-refractivity contribution in [2.75, 3.05) is 6.54 Å². The van der Waals surface area contributed by atoms with Gasteiger partial charge >= 0.3 is 0 Å². The molecule has 3 heteroatoms. The zero-order valence-electron chi connectivity index (χ0n) is 12.9. The number of nitrogens with one attached hydrogen (secondary N) is 1. The van der Waals surface area contributed by atoms with E-state index in [0.717, 1.165) is 18.9 Å². The molecule has 1 aromatic carbocycles. The molecule has 1 aromatic heterocycles. The van der Waals surface area contributed by atoms with Gasteiger partial charge in [-0.2, -0.15) is 0 Å². The molecule has 0 bridgehead atoms. The minimum Gasteiger partial charge on any atom is -0.314 e. The largest absolute Gasteiger partial charge is 0.314 e. The maximum Gasteiger partial charge on any atom is 0.0897 e. The van der Waals surface area contributed by atoms with Crippen molar-refractivity contribution >= 4 is 11.3 Å². The molecule has 1 aliphatic rings. The first-order valence-electron chi connectivity index (χ1n) is 7.97. The Morgan fingerprint density at radius 3 is 2.86 bits per heavy atom. The lowest BCUT2D eigenvalue weighted by Gasteiger charge is -2.32. The van der Waals surface area contributed by atoms with Crippen molar-refractivity contribution in [1.82, 2.24) is 10.3 Å². The second-order valence-electron chi connectivity index (χ2n) is 6.00. The maximum absolute atomic E-state index is 4.65. The van der Waals surface area contributed by atoms with Crippen molar-refractivity contribution in [3.8, 4) is 0 Å². The first-order valence-corrected chi connectivity index (χ1v) is 8.85. The molecule has 21 heavy (non-hydrogen) atoms. The van der Waals surface area contributed by atoms with Crippen LogP contribution in [0.15, 0.2) is 29.6 Å². The highest BCUT2D eigenvalue weighted by molar-refractivity contribution is 7.09. The molecule has 112 valence electrons. The Morgan fingerprint density at radius 2 is 2.14 bits per heavy atom. The monoisotopic (exact) mass is 300 g/mol. The van der Waals surface area contributed by atoms with Crippen LogP contribution in [0.25, 0.3) is 0 Å². The summed E-state index contributed by atoms with van der Waals surface area (Å²) in [5, 5.41) is 7.10. The van der Waals surface area contributed by atoms with E-state index < -0.39 is 0 Å². The van der Waals surface area contributed by atoms with Crippen LogP contribution in [-0.4, -0.2) is 17.6 Å². The Kier molecular flexibility index (Phi) is 4.71. The number of thiazole rings is 1. The van der Waals surface area contributed by atoms with Gasteiger partial charge in [0.25, 0.3) is 0 Å². The highest BCUT2D eigenvalue weighted by Crippen LogP contribution is 2.29. The molecule has 2 atom stereocenters. The van der Waals surface area contributed by atoms with Gasteiger partial charge in [-0.25, -0.2) is 4.98 Å². The van der Waals surface area contributed by atoms with Gasteiger partial charge in [0.1, 0.15) is 0 Å². The third-order valence-electron chi connectivity index (χ3n) is 4.52. The summed E-state index contributed by atoms with van der Waals surface area (Å²) in [6, 6.07) is 9.48. The van der Waals surface area contributed by atoms with Gasteiger partial charge in [0.2, 0.25) is 0 Å². The fourth-order valence-electron chi connectivity index (χ4n) is 3.46. The Hall–Kier alpha value is -1.19. The SMILES string of the molecule is CCNC(Cc1csc(C)n1)C1CCc2ccccc2C1. The lowest BCUT2D eigenvalue weighted by atomic mass is 9.79. The summed E-state index contributed by atoms with van der Waals surface area (Å²) >= 11 is 1.76. The van der Waals surface area contributed by atoms with E-state index in [0.29, 0.717) is 6.04 Å². The minimum atomic E-state index is 0.546. The van der Waals surface area contributed by atoms with E-state index in [1.807, 2.05) is 0 Å². The lowest BCUT2D eigenvalue weighted by Crippen LogP contribution is -2.40. The van der Waals surface area contributed by atoms with Crippen LogP contribution in [0, 0.1) is 12.8 Å².